The SMILES string of the molecule is COC(=O)CSC(CCCCCCCCCO)CCCCCCCCCCO. The van der Waals surface area contributed by atoms with Crippen molar-refractivity contribution in [2.45, 2.75) is 114 Å². The fourth-order valence-corrected chi connectivity index (χ4v) is 4.62. The molecule has 1 atom stereocenters. The summed E-state index contributed by atoms with van der Waals surface area (Å²) in [6.45, 7) is 0.650. The van der Waals surface area contributed by atoms with Gasteiger partial charge in [-0.05, 0) is 25.7 Å². The zero-order chi connectivity index (χ0) is 20.7. The average molecular weight is 419 g/mol. The van der Waals surface area contributed by atoms with Crippen molar-refractivity contribution >= 4 is 17.7 Å². The van der Waals surface area contributed by atoms with Crippen LogP contribution in [0.2, 0.25) is 0 Å². The molecule has 0 aliphatic rings. The van der Waals surface area contributed by atoms with Crippen LogP contribution in [-0.2, 0) is 9.53 Å². The zero-order valence-corrected chi connectivity index (χ0v) is 19.2. The van der Waals surface area contributed by atoms with Crippen LogP contribution in [-0.4, -0.2) is 47.5 Å². The molecule has 0 heterocycles. The molecule has 2 N–H and O–H groups in total. The number of hydrogen-bond donors (Lipinski definition) is 2. The van der Waals surface area contributed by atoms with E-state index in [4.69, 9.17) is 14.9 Å². The first kappa shape index (κ1) is 27.7. The predicted molar refractivity (Wildman–Crippen MR) is 121 cm³/mol. The molecule has 0 rings (SSSR count). The van der Waals surface area contributed by atoms with Gasteiger partial charge in [0.15, 0.2) is 0 Å². The molecule has 0 aliphatic heterocycles. The molecule has 0 aromatic carbocycles. The second-order valence-electron chi connectivity index (χ2n) is 7.84. The topological polar surface area (TPSA) is 66.8 Å². The van der Waals surface area contributed by atoms with E-state index in [2.05, 4.69) is 0 Å². The molecule has 0 spiro atoms. The van der Waals surface area contributed by atoms with Crippen molar-refractivity contribution in [2.75, 3.05) is 26.1 Å². The van der Waals surface area contributed by atoms with Crippen molar-refractivity contribution in [1.29, 1.82) is 0 Å². The van der Waals surface area contributed by atoms with E-state index >= 15 is 0 Å². The molecule has 0 aliphatic carbocycles. The van der Waals surface area contributed by atoms with Crippen molar-refractivity contribution in [3.8, 4) is 0 Å². The molecule has 0 saturated heterocycles. The fourth-order valence-electron chi connectivity index (χ4n) is 3.47. The number of aliphatic hydroxyl groups excluding tert-OH is 2. The van der Waals surface area contributed by atoms with Crippen LogP contribution in [0.15, 0.2) is 0 Å². The van der Waals surface area contributed by atoms with Gasteiger partial charge >= 0.3 is 5.97 Å². The standard InChI is InChI=1S/C23H46O4S/c1-27-23(26)21-28-22(18-14-10-6-4-8-12-16-20-25)17-13-9-5-2-3-7-11-15-19-24/h22,24-25H,2-21H2,1H3. The van der Waals surface area contributed by atoms with Crippen LogP contribution in [0.1, 0.15) is 109 Å². The van der Waals surface area contributed by atoms with Gasteiger partial charge in [0.05, 0.1) is 12.9 Å². The molecule has 1 unspecified atom stereocenters. The van der Waals surface area contributed by atoms with Crippen molar-refractivity contribution < 1.29 is 19.7 Å². The molecule has 0 fully saturated rings. The Labute approximate surface area is 178 Å². The first-order valence-electron chi connectivity index (χ1n) is 11.6. The normalized spacial score (nSPS) is 12.2. The van der Waals surface area contributed by atoms with Crippen molar-refractivity contribution in [1.82, 2.24) is 0 Å². The minimum atomic E-state index is -0.109. The van der Waals surface area contributed by atoms with Crippen LogP contribution in [0.25, 0.3) is 0 Å². The van der Waals surface area contributed by atoms with Crippen LogP contribution in [0.3, 0.4) is 0 Å². The molecule has 0 amide bonds. The van der Waals surface area contributed by atoms with Gasteiger partial charge in [-0.1, -0.05) is 83.5 Å². The van der Waals surface area contributed by atoms with Gasteiger partial charge in [0.2, 0.25) is 0 Å². The van der Waals surface area contributed by atoms with E-state index in [1.165, 1.54) is 90.6 Å². The number of methoxy groups -OCH3 is 1. The number of carbonyl (C=O) groups is 1. The summed E-state index contributed by atoms with van der Waals surface area (Å²) >= 11 is 1.78. The molecular formula is C23H46O4S. The highest BCUT2D eigenvalue weighted by atomic mass is 32.2. The average Bonchev–Trinajstić information content (AvgIpc) is 2.71. The predicted octanol–water partition coefficient (Wildman–Crippen LogP) is 5.88. The third-order valence-electron chi connectivity index (χ3n) is 5.28. The summed E-state index contributed by atoms with van der Waals surface area (Å²) in [5, 5.41) is 18.2. The Hall–Kier alpha value is -0.260. The minimum absolute atomic E-state index is 0.109. The molecule has 168 valence electrons. The minimum Gasteiger partial charge on any atom is -0.468 e. The zero-order valence-electron chi connectivity index (χ0n) is 18.3. The van der Waals surface area contributed by atoms with E-state index in [-0.39, 0.29) is 5.97 Å². The molecular weight excluding hydrogens is 372 g/mol. The monoisotopic (exact) mass is 418 g/mol. The maximum absolute atomic E-state index is 11.5. The first-order chi connectivity index (χ1) is 13.7. The number of hydrogen-bond acceptors (Lipinski definition) is 5. The second-order valence-corrected chi connectivity index (χ2v) is 9.13. The molecule has 5 heteroatoms. The van der Waals surface area contributed by atoms with E-state index in [0.29, 0.717) is 24.2 Å². The largest absolute Gasteiger partial charge is 0.468 e. The Morgan fingerprint density at radius 3 is 1.39 bits per heavy atom. The maximum Gasteiger partial charge on any atom is 0.315 e. The quantitative estimate of drug-likeness (QED) is 0.170. The van der Waals surface area contributed by atoms with Gasteiger partial charge in [0.25, 0.3) is 0 Å². The van der Waals surface area contributed by atoms with Crippen LogP contribution in [0.4, 0.5) is 0 Å². The summed E-state index contributed by atoms with van der Waals surface area (Å²) in [6, 6.07) is 0. The number of aliphatic hydroxyl groups is 2. The Bertz CT molecular complexity index is 326. The number of unbranched alkanes of at least 4 members (excludes halogenated alkanes) is 13. The molecule has 0 bridgehead atoms. The Morgan fingerprint density at radius 1 is 0.679 bits per heavy atom. The summed E-state index contributed by atoms with van der Waals surface area (Å²) in [4.78, 5) is 11.5. The molecule has 0 saturated carbocycles. The number of esters is 1. The third-order valence-corrected chi connectivity index (χ3v) is 6.63. The lowest BCUT2D eigenvalue weighted by Crippen LogP contribution is -2.10. The van der Waals surface area contributed by atoms with Crippen LogP contribution < -0.4 is 0 Å². The lowest BCUT2D eigenvalue weighted by atomic mass is 10.0. The fraction of sp³-hybridized carbons (Fsp3) is 0.957. The third kappa shape index (κ3) is 20.5. The Kier molecular flexibility index (Phi) is 22.8. The lowest BCUT2D eigenvalue weighted by Gasteiger charge is -2.16. The Morgan fingerprint density at radius 2 is 1.04 bits per heavy atom. The summed E-state index contributed by atoms with van der Waals surface area (Å²) < 4.78 is 4.80. The van der Waals surface area contributed by atoms with Gasteiger partial charge in [-0.2, -0.15) is 0 Å². The van der Waals surface area contributed by atoms with Gasteiger partial charge in [0.1, 0.15) is 0 Å². The van der Waals surface area contributed by atoms with Gasteiger partial charge in [-0.25, -0.2) is 0 Å². The molecule has 0 aromatic heterocycles. The number of ether oxygens (including phenoxy) is 1. The molecule has 4 nitrogen and oxygen atoms in total. The van der Waals surface area contributed by atoms with E-state index in [0.717, 1.165) is 25.7 Å². The first-order valence-corrected chi connectivity index (χ1v) is 12.7. The van der Waals surface area contributed by atoms with Gasteiger partial charge in [-0.15, -0.1) is 11.8 Å². The van der Waals surface area contributed by atoms with Crippen LogP contribution >= 0.6 is 11.8 Å². The van der Waals surface area contributed by atoms with E-state index in [1.807, 2.05) is 0 Å². The molecule has 0 radical (unpaired) electrons. The lowest BCUT2D eigenvalue weighted by molar-refractivity contribution is -0.137. The highest BCUT2D eigenvalue weighted by molar-refractivity contribution is 8.00. The van der Waals surface area contributed by atoms with Gasteiger partial charge < -0.3 is 14.9 Å². The number of rotatable bonds is 22. The summed E-state index contributed by atoms with van der Waals surface area (Å²) in [7, 11) is 1.47. The van der Waals surface area contributed by atoms with E-state index in [9.17, 15) is 4.79 Å². The highest BCUT2D eigenvalue weighted by Gasteiger charge is 2.12. The van der Waals surface area contributed by atoms with E-state index < -0.39 is 0 Å². The number of carbonyl (C=O) groups excluding carboxylic acids is 1. The van der Waals surface area contributed by atoms with Crippen molar-refractivity contribution in [2.24, 2.45) is 0 Å². The van der Waals surface area contributed by atoms with Gasteiger partial charge in [0, 0.05) is 18.5 Å². The molecule has 28 heavy (non-hydrogen) atoms. The number of thioether (sulfide) groups is 1. The Balaban J connectivity index is 3.77. The van der Waals surface area contributed by atoms with Crippen molar-refractivity contribution in [3.05, 3.63) is 0 Å². The molecule has 0 aromatic rings. The van der Waals surface area contributed by atoms with E-state index in [1.54, 1.807) is 11.8 Å². The summed E-state index contributed by atoms with van der Waals surface area (Å²) in [6.07, 6.45) is 20.6. The highest BCUT2D eigenvalue weighted by Crippen LogP contribution is 2.24. The van der Waals surface area contributed by atoms with Crippen LogP contribution in [0, 0.1) is 0 Å². The summed E-state index contributed by atoms with van der Waals surface area (Å²) in [5.74, 6) is 0.370. The van der Waals surface area contributed by atoms with Crippen LogP contribution in [0.5, 0.6) is 0 Å². The summed E-state index contributed by atoms with van der Waals surface area (Å²) in [5.41, 5.74) is 0. The maximum atomic E-state index is 11.5. The van der Waals surface area contributed by atoms with Crippen molar-refractivity contribution in [3.63, 3.8) is 0 Å². The smallest absolute Gasteiger partial charge is 0.315 e. The second kappa shape index (κ2) is 23.0. The van der Waals surface area contributed by atoms with Gasteiger partial charge in [-0.3, -0.25) is 4.79 Å².